The molecule has 4 nitrogen and oxygen atoms in total. The van der Waals surface area contributed by atoms with Gasteiger partial charge in [-0.05, 0) is 18.8 Å². The number of nitrogens with zero attached hydrogens (tertiary/aromatic N) is 4. The molecule has 2 aromatic heterocycles. The molecule has 0 aromatic carbocycles. The Bertz CT molecular complexity index is 648. The van der Waals surface area contributed by atoms with E-state index in [1.807, 2.05) is 11.9 Å². The molecule has 0 spiro atoms. The number of anilines is 1. The van der Waals surface area contributed by atoms with E-state index in [4.69, 9.17) is 11.6 Å². The first-order valence-corrected chi connectivity index (χ1v) is 7.05. The Balaban J connectivity index is 1.89. The number of rotatable bonds is 3. The summed E-state index contributed by atoms with van der Waals surface area (Å²) in [4.78, 5) is 6.06. The summed E-state index contributed by atoms with van der Waals surface area (Å²) in [7, 11) is 1.82. The first kappa shape index (κ1) is 14.4. The molecule has 0 amide bonds. The van der Waals surface area contributed by atoms with Crippen LogP contribution < -0.4 is 4.90 Å². The molecule has 0 atom stereocenters. The molecule has 0 unspecified atom stereocenters. The number of fused-ring (bicyclic) bond motifs is 1. The van der Waals surface area contributed by atoms with E-state index in [2.05, 4.69) is 10.1 Å². The van der Waals surface area contributed by atoms with Gasteiger partial charge in [-0.2, -0.15) is 18.3 Å². The Morgan fingerprint density at radius 3 is 2.76 bits per heavy atom. The zero-order valence-corrected chi connectivity index (χ0v) is 12.1. The molecule has 1 fully saturated rings. The van der Waals surface area contributed by atoms with Gasteiger partial charge in [0.15, 0.2) is 11.5 Å². The van der Waals surface area contributed by atoms with Crippen molar-refractivity contribution in [3.8, 4) is 0 Å². The van der Waals surface area contributed by atoms with Crippen molar-refractivity contribution in [3.05, 3.63) is 24.2 Å². The third-order valence-electron chi connectivity index (χ3n) is 3.73. The minimum Gasteiger partial charge on any atom is -0.358 e. The number of hydrogen-bond donors (Lipinski definition) is 0. The molecule has 114 valence electrons. The van der Waals surface area contributed by atoms with Crippen LogP contribution in [0.5, 0.6) is 0 Å². The maximum Gasteiger partial charge on any atom is 0.435 e. The van der Waals surface area contributed by atoms with E-state index in [1.54, 1.807) is 0 Å². The van der Waals surface area contributed by atoms with Crippen molar-refractivity contribution in [1.82, 2.24) is 14.6 Å². The van der Waals surface area contributed by atoms with Gasteiger partial charge < -0.3 is 4.90 Å². The molecule has 1 saturated carbocycles. The highest BCUT2D eigenvalue weighted by molar-refractivity contribution is 6.21. The van der Waals surface area contributed by atoms with Crippen LogP contribution in [0.1, 0.15) is 18.5 Å². The fourth-order valence-corrected chi connectivity index (χ4v) is 3.12. The molecule has 1 aliphatic rings. The molecular weight excluding hydrogens is 305 g/mol. The van der Waals surface area contributed by atoms with Crippen LogP contribution in [0.15, 0.2) is 18.5 Å². The molecule has 0 N–H and O–H groups in total. The number of aromatic nitrogens is 3. The minimum atomic E-state index is -4.46. The lowest BCUT2D eigenvalue weighted by Gasteiger charge is -2.34. The minimum absolute atomic E-state index is 0.221. The normalized spacial score (nSPS) is 22.3. The fourth-order valence-electron chi connectivity index (χ4n) is 2.62. The van der Waals surface area contributed by atoms with Crippen LogP contribution in [0.4, 0.5) is 19.0 Å². The van der Waals surface area contributed by atoms with Gasteiger partial charge >= 0.3 is 6.18 Å². The van der Waals surface area contributed by atoms with E-state index in [0.717, 1.165) is 25.5 Å². The number of alkyl halides is 4. The second-order valence-electron chi connectivity index (χ2n) is 5.42. The van der Waals surface area contributed by atoms with Gasteiger partial charge in [0.05, 0.1) is 0 Å². The lowest BCUT2D eigenvalue weighted by atomic mass is 9.84. The Labute approximate surface area is 124 Å². The second kappa shape index (κ2) is 5.05. The molecule has 0 radical (unpaired) electrons. The largest absolute Gasteiger partial charge is 0.435 e. The predicted octanol–water partition coefficient (Wildman–Crippen LogP) is 3.20. The highest BCUT2D eigenvalue weighted by Gasteiger charge is 2.35. The van der Waals surface area contributed by atoms with Gasteiger partial charge in [0.1, 0.15) is 5.52 Å². The quantitative estimate of drug-likeness (QED) is 0.815. The van der Waals surface area contributed by atoms with Crippen LogP contribution in [0.25, 0.3) is 5.52 Å². The summed E-state index contributed by atoms with van der Waals surface area (Å²) in [5, 5.41) is 3.78. The van der Waals surface area contributed by atoms with E-state index >= 15 is 0 Å². The van der Waals surface area contributed by atoms with Gasteiger partial charge in [0.25, 0.3) is 0 Å². The molecule has 2 aromatic rings. The van der Waals surface area contributed by atoms with Crippen molar-refractivity contribution in [2.75, 3.05) is 18.5 Å². The summed E-state index contributed by atoms with van der Waals surface area (Å²) in [6.07, 6.45) is 0.281. The highest BCUT2D eigenvalue weighted by atomic mass is 35.5. The van der Waals surface area contributed by atoms with Crippen molar-refractivity contribution in [2.45, 2.75) is 24.4 Å². The van der Waals surface area contributed by atoms with Crippen molar-refractivity contribution in [1.29, 1.82) is 0 Å². The van der Waals surface area contributed by atoms with Gasteiger partial charge in [-0.3, -0.25) is 0 Å². The maximum absolute atomic E-state index is 12.8. The van der Waals surface area contributed by atoms with E-state index < -0.39 is 11.9 Å². The highest BCUT2D eigenvalue weighted by Crippen LogP contribution is 2.34. The smallest absolute Gasteiger partial charge is 0.358 e. The maximum atomic E-state index is 12.8. The molecule has 3 rings (SSSR count). The van der Waals surface area contributed by atoms with Crippen LogP contribution in [-0.2, 0) is 6.18 Å². The van der Waals surface area contributed by atoms with Crippen molar-refractivity contribution >= 4 is 22.9 Å². The number of hydrogen-bond acceptors (Lipinski definition) is 3. The molecule has 0 aliphatic heterocycles. The van der Waals surface area contributed by atoms with Crippen LogP contribution >= 0.6 is 11.6 Å². The molecular formula is C13H14ClF3N4. The average molecular weight is 319 g/mol. The van der Waals surface area contributed by atoms with E-state index in [0.29, 0.717) is 17.3 Å². The summed E-state index contributed by atoms with van der Waals surface area (Å²) in [6.45, 7) is 0.725. The average Bonchev–Trinajstić information content (AvgIpc) is 2.80. The van der Waals surface area contributed by atoms with Gasteiger partial charge in [-0.25, -0.2) is 9.50 Å². The number of halogens is 4. The van der Waals surface area contributed by atoms with Gasteiger partial charge in [-0.15, -0.1) is 11.6 Å². The first-order valence-electron chi connectivity index (χ1n) is 6.61. The van der Waals surface area contributed by atoms with Crippen LogP contribution in [0.3, 0.4) is 0 Å². The molecule has 2 heterocycles. The molecule has 8 heteroatoms. The van der Waals surface area contributed by atoms with Crippen molar-refractivity contribution in [3.63, 3.8) is 0 Å². The molecule has 0 saturated heterocycles. The lowest BCUT2D eigenvalue weighted by Crippen LogP contribution is -2.35. The van der Waals surface area contributed by atoms with Gasteiger partial charge in [0, 0.05) is 37.4 Å². The summed E-state index contributed by atoms with van der Waals surface area (Å²) in [5.74, 6) is 0.961. The van der Waals surface area contributed by atoms with Gasteiger partial charge in [-0.1, -0.05) is 0 Å². The summed E-state index contributed by atoms with van der Waals surface area (Å²) >= 11 is 5.95. The summed E-state index contributed by atoms with van der Waals surface area (Å²) in [5.41, 5.74) is -0.552. The second-order valence-corrected chi connectivity index (χ2v) is 6.04. The zero-order chi connectivity index (χ0) is 15.2. The van der Waals surface area contributed by atoms with E-state index in [-0.39, 0.29) is 5.38 Å². The molecule has 21 heavy (non-hydrogen) atoms. The Morgan fingerprint density at radius 1 is 1.43 bits per heavy atom. The fraction of sp³-hybridized carbons (Fsp3) is 0.538. The Hall–Kier alpha value is -1.50. The van der Waals surface area contributed by atoms with E-state index in [9.17, 15) is 13.2 Å². The monoisotopic (exact) mass is 318 g/mol. The SMILES string of the molecule is CN(CC1CC(Cl)C1)c1nccn2nc(C(F)(F)F)cc12. The van der Waals surface area contributed by atoms with Crippen molar-refractivity contribution < 1.29 is 13.2 Å². The van der Waals surface area contributed by atoms with Crippen LogP contribution in [-0.4, -0.2) is 33.6 Å². The third kappa shape index (κ3) is 2.79. The molecule has 1 aliphatic carbocycles. The Kier molecular flexibility index (Phi) is 3.47. The first-order chi connectivity index (χ1) is 9.84. The summed E-state index contributed by atoms with van der Waals surface area (Å²) < 4.78 is 39.5. The molecule has 0 bridgehead atoms. The summed E-state index contributed by atoms with van der Waals surface area (Å²) in [6, 6.07) is 1.03. The van der Waals surface area contributed by atoms with Crippen molar-refractivity contribution in [2.24, 2.45) is 5.92 Å². The Morgan fingerprint density at radius 2 is 2.14 bits per heavy atom. The van der Waals surface area contributed by atoms with Gasteiger partial charge in [0.2, 0.25) is 0 Å². The third-order valence-corrected chi connectivity index (χ3v) is 4.09. The standard InChI is InChI=1S/C13H14ClF3N4/c1-20(7-8-4-9(14)5-8)12-10-6-11(13(15,16)17)19-21(10)3-2-18-12/h2-3,6,8-9H,4-5,7H2,1H3. The lowest BCUT2D eigenvalue weighted by molar-refractivity contribution is -0.141. The van der Waals surface area contributed by atoms with E-state index in [1.165, 1.54) is 16.9 Å². The predicted molar refractivity (Wildman–Crippen MR) is 73.6 cm³/mol. The van der Waals surface area contributed by atoms with Crippen LogP contribution in [0, 0.1) is 5.92 Å². The van der Waals surface area contributed by atoms with Crippen LogP contribution in [0.2, 0.25) is 0 Å². The zero-order valence-electron chi connectivity index (χ0n) is 11.3. The topological polar surface area (TPSA) is 33.4 Å².